The molecule has 12 heavy (non-hydrogen) atoms. The Kier molecular flexibility index (Phi) is 6.73. The van der Waals surface area contributed by atoms with Crippen LogP contribution in [-0.2, 0) is 0 Å². The molecule has 0 saturated carbocycles. The molecular weight excluding hydrogens is 150 g/mol. The molecule has 3 heteroatoms. The van der Waals surface area contributed by atoms with Crippen molar-refractivity contribution in [3.05, 3.63) is 0 Å². The van der Waals surface area contributed by atoms with Gasteiger partial charge in [0.25, 0.3) is 0 Å². The van der Waals surface area contributed by atoms with Gasteiger partial charge >= 0.3 is 0 Å². The molecule has 0 aromatic carbocycles. The second kappa shape index (κ2) is 7.08. The van der Waals surface area contributed by atoms with Gasteiger partial charge in [0.05, 0.1) is 12.5 Å². The van der Waals surface area contributed by atoms with Crippen molar-refractivity contribution in [1.29, 1.82) is 5.26 Å². The zero-order valence-electron chi connectivity index (χ0n) is 8.30. The molecule has 0 saturated heterocycles. The van der Waals surface area contributed by atoms with Crippen LogP contribution in [0.25, 0.3) is 0 Å². The van der Waals surface area contributed by atoms with Crippen molar-refractivity contribution < 1.29 is 0 Å². The minimum atomic E-state index is 0.331. The summed E-state index contributed by atoms with van der Waals surface area (Å²) in [5.41, 5.74) is 0. The van der Waals surface area contributed by atoms with Gasteiger partial charge in [0.1, 0.15) is 0 Å². The fourth-order valence-electron chi connectivity index (χ4n) is 0.953. The maximum absolute atomic E-state index is 8.38. The summed E-state index contributed by atoms with van der Waals surface area (Å²) in [6, 6.07) is 2.47. The van der Waals surface area contributed by atoms with E-state index in [-0.39, 0.29) is 0 Å². The normalized spacial score (nSPS) is 12.9. The Morgan fingerprint density at radius 2 is 2.17 bits per heavy atom. The second-order valence-electron chi connectivity index (χ2n) is 3.37. The Morgan fingerprint density at radius 3 is 2.67 bits per heavy atom. The molecule has 0 rings (SSSR count). The molecule has 0 aliphatic heterocycles. The second-order valence-corrected chi connectivity index (χ2v) is 3.37. The third-order valence-electron chi connectivity index (χ3n) is 1.67. The zero-order valence-corrected chi connectivity index (χ0v) is 8.30. The van der Waals surface area contributed by atoms with Crippen molar-refractivity contribution in [2.75, 3.05) is 27.2 Å². The molecule has 0 aliphatic carbocycles. The average Bonchev–Trinajstić information content (AvgIpc) is 1.98. The van der Waals surface area contributed by atoms with Crippen LogP contribution in [0, 0.1) is 11.3 Å². The van der Waals surface area contributed by atoms with Gasteiger partial charge in [0.15, 0.2) is 0 Å². The molecule has 70 valence electrons. The Hall–Kier alpha value is -0.590. The van der Waals surface area contributed by atoms with Gasteiger partial charge in [-0.05, 0) is 40.5 Å². The molecule has 1 N–H and O–H groups in total. The van der Waals surface area contributed by atoms with Crippen molar-refractivity contribution in [3.63, 3.8) is 0 Å². The van der Waals surface area contributed by atoms with Crippen molar-refractivity contribution in [1.82, 2.24) is 10.2 Å². The molecule has 0 aliphatic rings. The van der Waals surface area contributed by atoms with Crippen LogP contribution in [-0.4, -0.2) is 38.1 Å². The molecule has 0 heterocycles. The van der Waals surface area contributed by atoms with E-state index in [0.29, 0.717) is 12.5 Å². The first-order valence-corrected chi connectivity index (χ1v) is 4.42. The van der Waals surface area contributed by atoms with E-state index in [4.69, 9.17) is 5.26 Å². The van der Waals surface area contributed by atoms with E-state index in [1.165, 1.54) is 0 Å². The number of hydrogen-bond acceptors (Lipinski definition) is 3. The molecule has 1 atom stereocenters. The molecular formula is C9H19N3. The Balaban J connectivity index is 3.15. The molecule has 0 bridgehead atoms. The highest BCUT2D eigenvalue weighted by Crippen LogP contribution is 1.88. The van der Waals surface area contributed by atoms with Gasteiger partial charge in [-0.15, -0.1) is 0 Å². The van der Waals surface area contributed by atoms with Crippen LogP contribution in [0.4, 0.5) is 0 Å². The van der Waals surface area contributed by atoms with Crippen LogP contribution in [0.3, 0.4) is 0 Å². The lowest BCUT2D eigenvalue weighted by atomic mass is 10.2. The minimum absolute atomic E-state index is 0.331. The maximum Gasteiger partial charge on any atom is 0.0638 e. The topological polar surface area (TPSA) is 39.1 Å². The van der Waals surface area contributed by atoms with Crippen LogP contribution < -0.4 is 5.32 Å². The number of hydrogen-bond donors (Lipinski definition) is 1. The third kappa shape index (κ3) is 7.52. The van der Waals surface area contributed by atoms with Gasteiger partial charge < -0.3 is 10.2 Å². The highest BCUT2D eigenvalue weighted by molar-refractivity contribution is 4.77. The molecule has 0 fully saturated rings. The predicted molar refractivity (Wildman–Crippen MR) is 50.9 cm³/mol. The standard InChI is InChI=1S/C9H19N3/c1-9(5-6-10)11-7-4-8-12(2)3/h9,11H,4-5,7-8H2,1-3H3. The fourth-order valence-corrected chi connectivity index (χ4v) is 0.953. The first kappa shape index (κ1) is 11.4. The van der Waals surface area contributed by atoms with Crippen LogP contribution in [0.2, 0.25) is 0 Å². The Morgan fingerprint density at radius 1 is 1.50 bits per heavy atom. The van der Waals surface area contributed by atoms with E-state index in [1.807, 2.05) is 6.92 Å². The SMILES string of the molecule is CC(CC#N)NCCCN(C)C. The van der Waals surface area contributed by atoms with Gasteiger partial charge in [-0.3, -0.25) is 0 Å². The van der Waals surface area contributed by atoms with E-state index < -0.39 is 0 Å². The van der Waals surface area contributed by atoms with Crippen LogP contribution in [0.5, 0.6) is 0 Å². The van der Waals surface area contributed by atoms with E-state index in [1.54, 1.807) is 0 Å². The largest absolute Gasteiger partial charge is 0.313 e. The van der Waals surface area contributed by atoms with Crippen molar-refractivity contribution in [2.24, 2.45) is 0 Å². The summed E-state index contributed by atoms with van der Waals surface area (Å²) in [5, 5.41) is 11.7. The molecule has 1 unspecified atom stereocenters. The smallest absolute Gasteiger partial charge is 0.0638 e. The first-order chi connectivity index (χ1) is 5.66. The Bertz CT molecular complexity index is 137. The van der Waals surface area contributed by atoms with E-state index in [9.17, 15) is 0 Å². The maximum atomic E-state index is 8.38. The third-order valence-corrected chi connectivity index (χ3v) is 1.67. The molecule has 0 amide bonds. The lowest BCUT2D eigenvalue weighted by Gasteiger charge is -2.12. The molecule has 0 aromatic heterocycles. The van der Waals surface area contributed by atoms with Crippen LogP contribution in [0.15, 0.2) is 0 Å². The lowest BCUT2D eigenvalue weighted by molar-refractivity contribution is 0.388. The number of nitrogens with zero attached hydrogens (tertiary/aromatic N) is 2. The van der Waals surface area contributed by atoms with Crippen molar-refractivity contribution >= 4 is 0 Å². The summed E-state index contributed by atoms with van der Waals surface area (Å²) in [6.07, 6.45) is 1.74. The quantitative estimate of drug-likeness (QED) is 0.599. The highest BCUT2D eigenvalue weighted by atomic mass is 15.1. The number of nitrogens with one attached hydrogen (secondary N) is 1. The van der Waals surface area contributed by atoms with E-state index >= 15 is 0 Å². The van der Waals surface area contributed by atoms with Gasteiger partial charge in [0.2, 0.25) is 0 Å². The van der Waals surface area contributed by atoms with Crippen molar-refractivity contribution in [3.8, 4) is 6.07 Å². The minimum Gasteiger partial charge on any atom is -0.313 e. The summed E-state index contributed by atoms with van der Waals surface area (Å²) in [4.78, 5) is 2.16. The van der Waals surface area contributed by atoms with Crippen LogP contribution >= 0.6 is 0 Å². The summed E-state index contributed by atoms with van der Waals surface area (Å²) in [5.74, 6) is 0. The summed E-state index contributed by atoms with van der Waals surface area (Å²) >= 11 is 0. The molecule has 0 radical (unpaired) electrons. The monoisotopic (exact) mass is 169 g/mol. The van der Waals surface area contributed by atoms with E-state index in [0.717, 1.165) is 19.5 Å². The lowest BCUT2D eigenvalue weighted by Crippen LogP contribution is -2.28. The highest BCUT2D eigenvalue weighted by Gasteiger charge is 1.98. The van der Waals surface area contributed by atoms with Crippen molar-refractivity contribution in [2.45, 2.75) is 25.8 Å². The van der Waals surface area contributed by atoms with Gasteiger partial charge in [-0.1, -0.05) is 0 Å². The fraction of sp³-hybridized carbons (Fsp3) is 0.889. The summed E-state index contributed by atoms with van der Waals surface area (Å²) in [6.45, 7) is 4.15. The summed E-state index contributed by atoms with van der Waals surface area (Å²) in [7, 11) is 4.14. The average molecular weight is 169 g/mol. The predicted octanol–water partition coefficient (Wildman–Crippen LogP) is 0.830. The van der Waals surface area contributed by atoms with E-state index in [2.05, 4.69) is 30.4 Å². The molecule has 0 spiro atoms. The molecule has 0 aromatic rings. The Labute approximate surface area is 75.4 Å². The van der Waals surface area contributed by atoms with Gasteiger partial charge in [-0.25, -0.2) is 0 Å². The van der Waals surface area contributed by atoms with Crippen LogP contribution in [0.1, 0.15) is 19.8 Å². The first-order valence-electron chi connectivity index (χ1n) is 4.42. The van der Waals surface area contributed by atoms with Gasteiger partial charge in [-0.2, -0.15) is 5.26 Å². The number of rotatable bonds is 6. The zero-order chi connectivity index (χ0) is 9.40. The molecule has 3 nitrogen and oxygen atoms in total. The number of nitriles is 1. The van der Waals surface area contributed by atoms with Gasteiger partial charge in [0, 0.05) is 6.04 Å². The summed E-state index contributed by atoms with van der Waals surface area (Å²) < 4.78 is 0.